The van der Waals surface area contributed by atoms with Gasteiger partial charge in [0.05, 0.1) is 19.0 Å². The van der Waals surface area contributed by atoms with Crippen LogP contribution in [0.3, 0.4) is 0 Å². The number of methoxy groups -OCH3 is 1. The molecule has 1 amide bonds. The molecule has 0 radical (unpaired) electrons. The molecular formula is C14H15N3O3. The van der Waals surface area contributed by atoms with Crippen molar-refractivity contribution in [2.75, 3.05) is 12.4 Å². The van der Waals surface area contributed by atoms with E-state index in [0.717, 1.165) is 11.1 Å². The number of hydrogen-bond donors (Lipinski definition) is 2. The van der Waals surface area contributed by atoms with Crippen LogP contribution in [0.1, 0.15) is 32.0 Å². The molecule has 2 rings (SSSR count). The van der Waals surface area contributed by atoms with Crippen molar-refractivity contribution in [2.45, 2.75) is 13.8 Å². The predicted octanol–water partition coefficient (Wildman–Crippen LogP) is 2.07. The van der Waals surface area contributed by atoms with Gasteiger partial charge in [-0.05, 0) is 25.0 Å². The van der Waals surface area contributed by atoms with Gasteiger partial charge in [-0.2, -0.15) is 5.10 Å². The number of nitrogens with one attached hydrogen (secondary N) is 2. The third-order valence-corrected chi connectivity index (χ3v) is 2.99. The van der Waals surface area contributed by atoms with Gasteiger partial charge in [-0.25, -0.2) is 4.79 Å². The van der Waals surface area contributed by atoms with Gasteiger partial charge in [0.15, 0.2) is 5.69 Å². The first kappa shape index (κ1) is 13.8. The van der Waals surface area contributed by atoms with Crippen LogP contribution in [0.4, 0.5) is 5.69 Å². The summed E-state index contributed by atoms with van der Waals surface area (Å²) in [5.41, 5.74) is 2.73. The standard InChI is InChI=1S/C14H15N3O3/c1-8-5-4-6-9(2)11(8)13(18)16-10-7-15-17-12(10)14(19)20-3/h4-7H,1-3H3,(H,15,17)(H,16,18). The van der Waals surface area contributed by atoms with Gasteiger partial charge in [0.25, 0.3) is 5.91 Å². The van der Waals surface area contributed by atoms with Gasteiger partial charge in [-0.15, -0.1) is 0 Å². The molecule has 1 aromatic carbocycles. The molecular weight excluding hydrogens is 258 g/mol. The lowest BCUT2D eigenvalue weighted by atomic mass is 10.0. The van der Waals surface area contributed by atoms with Gasteiger partial charge in [0.2, 0.25) is 0 Å². The van der Waals surface area contributed by atoms with E-state index in [1.807, 2.05) is 32.0 Å². The number of nitrogens with zero attached hydrogens (tertiary/aromatic N) is 1. The lowest BCUT2D eigenvalue weighted by molar-refractivity contribution is 0.0595. The van der Waals surface area contributed by atoms with Crippen LogP contribution in [0, 0.1) is 13.8 Å². The number of carbonyl (C=O) groups is 2. The summed E-state index contributed by atoms with van der Waals surface area (Å²) < 4.78 is 4.61. The maximum Gasteiger partial charge on any atom is 0.358 e. The number of benzene rings is 1. The third kappa shape index (κ3) is 2.54. The zero-order chi connectivity index (χ0) is 14.7. The molecule has 6 heteroatoms. The highest BCUT2D eigenvalue weighted by atomic mass is 16.5. The number of anilines is 1. The minimum Gasteiger partial charge on any atom is -0.464 e. The summed E-state index contributed by atoms with van der Waals surface area (Å²) in [5, 5.41) is 8.92. The van der Waals surface area contributed by atoms with Gasteiger partial charge in [0.1, 0.15) is 0 Å². The highest BCUT2D eigenvalue weighted by Gasteiger charge is 2.18. The molecule has 1 aromatic heterocycles. The van der Waals surface area contributed by atoms with Crippen LogP contribution >= 0.6 is 0 Å². The molecule has 0 atom stereocenters. The molecule has 0 spiro atoms. The summed E-state index contributed by atoms with van der Waals surface area (Å²) in [5.74, 6) is -0.869. The molecule has 0 aliphatic rings. The number of aromatic amines is 1. The van der Waals surface area contributed by atoms with E-state index >= 15 is 0 Å². The van der Waals surface area contributed by atoms with E-state index in [-0.39, 0.29) is 11.6 Å². The second-order valence-corrected chi connectivity index (χ2v) is 4.37. The molecule has 104 valence electrons. The van der Waals surface area contributed by atoms with Crippen molar-refractivity contribution in [3.8, 4) is 0 Å². The van der Waals surface area contributed by atoms with Crippen LogP contribution in [0.25, 0.3) is 0 Å². The topological polar surface area (TPSA) is 84.1 Å². The number of carbonyl (C=O) groups excluding carboxylic acids is 2. The molecule has 6 nitrogen and oxygen atoms in total. The van der Waals surface area contributed by atoms with E-state index in [1.54, 1.807) is 0 Å². The minimum atomic E-state index is -0.584. The highest BCUT2D eigenvalue weighted by Crippen LogP contribution is 2.18. The fourth-order valence-corrected chi connectivity index (χ4v) is 2.00. The number of H-pyrrole nitrogens is 1. The summed E-state index contributed by atoms with van der Waals surface area (Å²) >= 11 is 0. The van der Waals surface area contributed by atoms with Crippen molar-refractivity contribution < 1.29 is 14.3 Å². The lowest BCUT2D eigenvalue weighted by Gasteiger charge is -2.10. The Bertz CT molecular complexity index is 641. The summed E-state index contributed by atoms with van der Waals surface area (Å²) in [6, 6.07) is 5.61. The first-order valence-corrected chi connectivity index (χ1v) is 6.04. The van der Waals surface area contributed by atoms with E-state index in [9.17, 15) is 9.59 Å². The van der Waals surface area contributed by atoms with Crippen molar-refractivity contribution in [1.82, 2.24) is 10.2 Å². The Labute approximate surface area is 116 Å². The summed E-state index contributed by atoms with van der Waals surface area (Å²) in [6.07, 6.45) is 1.37. The van der Waals surface area contributed by atoms with E-state index in [4.69, 9.17) is 0 Å². The largest absolute Gasteiger partial charge is 0.464 e. The third-order valence-electron chi connectivity index (χ3n) is 2.99. The summed E-state index contributed by atoms with van der Waals surface area (Å²) in [4.78, 5) is 23.8. The van der Waals surface area contributed by atoms with Gasteiger partial charge in [0, 0.05) is 5.56 Å². The second-order valence-electron chi connectivity index (χ2n) is 4.37. The number of rotatable bonds is 3. The second kappa shape index (κ2) is 5.56. The molecule has 20 heavy (non-hydrogen) atoms. The highest BCUT2D eigenvalue weighted by molar-refractivity contribution is 6.08. The van der Waals surface area contributed by atoms with Crippen LogP contribution in [-0.2, 0) is 4.74 Å². The average Bonchev–Trinajstić information content (AvgIpc) is 2.85. The Balaban J connectivity index is 2.29. The molecule has 0 unspecified atom stereocenters. The van der Waals surface area contributed by atoms with Crippen LogP contribution in [-0.4, -0.2) is 29.2 Å². The molecule has 2 N–H and O–H groups in total. The van der Waals surface area contributed by atoms with Crippen molar-refractivity contribution in [3.63, 3.8) is 0 Å². The number of aryl methyl sites for hydroxylation is 2. The van der Waals surface area contributed by atoms with E-state index < -0.39 is 5.97 Å². The SMILES string of the molecule is COC(=O)c1[nH]ncc1NC(=O)c1c(C)cccc1C. The maximum absolute atomic E-state index is 12.3. The van der Waals surface area contributed by atoms with Crippen molar-refractivity contribution in [3.05, 3.63) is 46.8 Å². The van der Waals surface area contributed by atoms with E-state index in [2.05, 4.69) is 20.3 Å². The molecule has 2 aromatic rings. The molecule has 0 aliphatic heterocycles. The fraction of sp³-hybridized carbons (Fsp3) is 0.214. The maximum atomic E-state index is 12.3. The van der Waals surface area contributed by atoms with Gasteiger partial charge in [-0.1, -0.05) is 18.2 Å². The molecule has 0 saturated carbocycles. The predicted molar refractivity (Wildman–Crippen MR) is 73.8 cm³/mol. The zero-order valence-corrected chi connectivity index (χ0v) is 11.5. The molecule has 0 aliphatic carbocycles. The summed E-state index contributed by atoms with van der Waals surface area (Å²) in [7, 11) is 1.26. The number of aromatic nitrogens is 2. The molecule has 0 fully saturated rings. The van der Waals surface area contributed by atoms with E-state index in [0.29, 0.717) is 11.3 Å². The smallest absolute Gasteiger partial charge is 0.358 e. The Hall–Kier alpha value is -2.63. The van der Waals surface area contributed by atoms with Gasteiger partial charge in [-0.3, -0.25) is 9.89 Å². The minimum absolute atomic E-state index is 0.118. The quantitative estimate of drug-likeness (QED) is 0.838. The number of amides is 1. The van der Waals surface area contributed by atoms with Crippen molar-refractivity contribution in [1.29, 1.82) is 0 Å². The van der Waals surface area contributed by atoms with E-state index in [1.165, 1.54) is 13.3 Å². The first-order chi connectivity index (χ1) is 9.54. The Morgan fingerprint density at radius 2 is 1.90 bits per heavy atom. The Morgan fingerprint density at radius 3 is 2.50 bits per heavy atom. The monoisotopic (exact) mass is 273 g/mol. The van der Waals surface area contributed by atoms with Crippen LogP contribution in [0.2, 0.25) is 0 Å². The molecule has 1 heterocycles. The Morgan fingerprint density at radius 1 is 1.25 bits per heavy atom. The first-order valence-electron chi connectivity index (χ1n) is 6.04. The van der Waals surface area contributed by atoms with Crippen LogP contribution in [0.5, 0.6) is 0 Å². The lowest BCUT2D eigenvalue weighted by Crippen LogP contribution is -2.17. The van der Waals surface area contributed by atoms with Gasteiger partial charge < -0.3 is 10.1 Å². The fourth-order valence-electron chi connectivity index (χ4n) is 2.00. The van der Waals surface area contributed by atoms with Crippen LogP contribution < -0.4 is 5.32 Å². The number of esters is 1. The molecule has 0 bridgehead atoms. The van der Waals surface area contributed by atoms with Crippen LogP contribution in [0.15, 0.2) is 24.4 Å². The number of ether oxygens (including phenoxy) is 1. The van der Waals surface area contributed by atoms with Gasteiger partial charge >= 0.3 is 5.97 Å². The number of hydrogen-bond acceptors (Lipinski definition) is 4. The van der Waals surface area contributed by atoms with Crippen molar-refractivity contribution in [2.24, 2.45) is 0 Å². The zero-order valence-electron chi connectivity index (χ0n) is 11.5. The van der Waals surface area contributed by atoms with Crippen molar-refractivity contribution >= 4 is 17.6 Å². The summed E-state index contributed by atoms with van der Waals surface area (Å²) in [6.45, 7) is 3.72. The Kier molecular flexibility index (Phi) is 3.84. The molecule has 0 saturated heterocycles. The normalized spacial score (nSPS) is 10.2. The average molecular weight is 273 g/mol.